The molecule has 162 valence electrons. The molecular formula is C21H18F3N3O4. The van der Waals surface area contributed by atoms with Crippen molar-refractivity contribution in [2.45, 2.75) is 19.6 Å². The van der Waals surface area contributed by atoms with Gasteiger partial charge in [0.25, 0.3) is 5.56 Å². The summed E-state index contributed by atoms with van der Waals surface area (Å²) < 4.78 is 44.0. The van der Waals surface area contributed by atoms with Crippen molar-refractivity contribution in [2.24, 2.45) is 4.99 Å². The number of aliphatic imine (C=N–C) groups is 1. The highest BCUT2D eigenvalue weighted by Gasteiger charge is 2.29. The van der Waals surface area contributed by atoms with Crippen LogP contribution in [-0.4, -0.2) is 27.5 Å². The molecule has 2 aromatic carbocycles. The fourth-order valence-electron chi connectivity index (χ4n) is 2.91. The molecule has 0 unspecified atom stereocenters. The van der Waals surface area contributed by atoms with Gasteiger partial charge in [-0.25, -0.2) is 9.36 Å². The average Bonchev–Trinajstić information content (AvgIpc) is 2.72. The highest BCUT2D eigenvalue weighted by atomic mass is 19.4. The van der Waals surface area contributed by atoms with Gasteiger partial charge in [0.1, 0.15) is 11.3 Å². The van der Waals surface area contributed by atoms with Gasteiger partial charge in [0, 0.05) is 0 Å². The lowest BCUT2D eigenvalue weighted by atomic mass is 10.1. The number of aromatic amines is 1. The molecule has 0 atom stereocenters. The van der Waals surface area contributed by atoms with Crippen molar-refractivity contribution in [3.8, 4) is 17.3 Å². The van der Waals surface area contributed by atoms with Gasteiger partial charge in [-0.3, -0.25) is 14.8 Å². The Morgan fingerprint density at radius 3 is 2.26 bits per heavy atom. The third kappa shape index (κ3) is 4.68. The monoisotopic (exact) mass is 433 g/mol. The predicted molar refractivity (Wildman–Crippen MR) is 108 cm³/mol. The molecule has 31 heavy (non-hydrogen) atoms. The highest BCUT2D eigenvalue weighted by Crippen LogP contribution is 2.29. The van der Waals surface area contributed by atoms with Gasteiger partial charge in [0.05, 0.1) is 30.6 Å². The molecule has 0 radical (unpaired) electrons. The second-order valence-electron chi connectivity index (χ2n) is 6.59. The van der Waals surface area contributed by atoms with E-state index < -0.39 is 28.9 Å². The molecule has 7 nitrogen and oxygen atoms in total. The molecule has 0 fully saturated rings. The maximum atomic E-state index is 12.7. The van der Waals surface area contributed by atoms with Crippen LogP contribution in [0.5, 0.6) is 11.6 Å². The van der Waals surface area contributed by atoms with Crippen molar-refractivity contribution in [3.05, 3.63) is 86.1 Å². The van der Waals surface area contributed by atoms with Gasteiger partial charge in [-0.15, -0.1) is 0 Å². The van der Waals surface area contributed by atoms with Crippen LogP contribution in [0, 0.1) is 0 Å². The van der Waals surface area contributed by atoms with Crippen LogP contribution >= 0.6 is 0 Å². The number of halogens is 3. The zero-order chi connectivity index (χ0) is 22.8. The van der Waals surface area contributed by atoms with E-state index in [1.807, 2.05) is 0 Å². The largest absolute Gasteiger partial charge is 0.497 e. The fraction of sp³-hybridized carbons (Fsp3) is 0.190. The number of H-pyrrole nitrogens is 1. The highest BCUT2D eigenvalue weighted by molar-refractivity contribution is 6.00. The number of aromatic hydroxyl groups is 1. The third-order valence-corrected chi connectivity index (χ3v) is 4.56. The van der Waals surface area contributed by atoms with Gasteiger partial charge >= 0.3 is 11.9 Å². The van der Waals surface area contributed by atoms with Gasteiger partial charge in [-0.05, 0) is 48.9 Å². The molecule has 3 rings (SSSR count). The Bertz CT molecular complexity index is 1230. The molecule has 0 aliphatic heterocycles. The zero-order valence-electron chi connectivity index (χ0n) is 16.5. The predicted octanol–water partition coefficient (Wildman–Crippen LogP) is 3.27. The van der Waals surface area contributed by atoms with Crippen molar-refractivity contribution in [3.63, 3.8) is 0 Å². The first kappa shape index (κ1) is 21.9. The normalized spacial score (nSPS) is 12.1. The van der Waals surface area contributed by atoms with Crippen molar-refractivity contribution >= 4 is 5.71 Å². The number of ether oxygens (including phenoxy) is 1. The van der Waals surface area contributed by atoms with Crippen LogP contribution in [0.3, 0.4) is 0 Å². The average molecular weight is 433 g/mol. The standard InChI is InChI=1S/C21H18F3N3O4/c1-12(25-11-13-3-5-14(6-4-13)21(22,23)24)17-18(28)26-20(30)27(19(17)29)15-7-9-16(31-2)10-8-15/h3-10,29H,11H2,1-2H3,(H,26,28,30). The topological polar surface area (TPSA) is 96.7 Å². The third-order valence-electron chi connectivity index (χ3n) is 4.56. The molecule has 0 bridgehead atoms. The van der Waals surface area contributed by atoms with Crippen LogP contribution in [0.15, 0.2) is 63.1 Å². The number of aromatic nitrogens is 2. The van der Waals surface area contributed by atoms with E-state index in [1.165, 1.54) is 38.3 Å². The molecule has 0 amide bonds. The summed E-state index contributed by atoms with van der Waals surface area (Å²) in [7, 11) is 1.48. The summed E-state index contributed by atoms with van der Waals surface area (Å²) in [5.74, 6) is -0.0668. The second-order valence-corrected chi connectivity index (χ2v) is 6.59. The summed E-state index contributed by atoms with van der Waals surface area (Å²) in [5, 5.41) is 10.6. The van der Waals surface area contributed by atoms with Crippen molar-refractivity contribution < 1.29 is 23.0 Å². The SMILES string of the molecule is COc1ccc(-n2c(O)c(C(C)=NCc3ccc(C(F)(F)F)cc3)c(=O)[nH]c2=O)cc1. The number of rotatable bonds is 5. The molecule has 0 aliphatic carbocycles. The molecule has 10 heteroatoms. The van der Waals surface area contributed by atoms with E-state index in [9.17, 15) is 27.9 Å². The van der Waals surface area contributed by atoms with Crippen molar-refractivity contribution in [1.82, 2.24) is 9.55 Å². The molecule has 1 aromatic heterocycles. The Morgan fingerprint density at radius 2 is 1.71 bits per heavy atom. The van der Waals surface area contributed by atoms with E-state index in [2.05, 4.69) is 9.98 Å². The van der Waals surface area contributed by atoms with Crippen molar-refractivity contribution in [1.29, 1.82) is 0 Å². The van der Waals surface area contributed by atoms with Crippen LogP contribution in [0.25, 0.3) is 5.69 Å². The van der Waals surface area contributed by atoms with Crippen molar-refractivity contribution in [2.75, 3.05) is 7.11 Å². The Kier molecular flexibility index (Phi) is 6.00. The number of nitrogens with one attached hydrogen (secondary N) is 1. The van der Waals surface area contributed by atoms with E-state index in [0.717, 1.165) is 16.7 Å². The van der Waals surface area contributed by atoms with Crippen LogP contribution in [0.1, 0.15) is 23.6 Å². The maximum Gasteiger partial charge on any atom is 0.416 e. The minimum absolute atomic E-state index is 0.0233. The molecule has 0 aliphatic rings. The van der Waals surface area contributed by atoms with Crippen LogP contribution < -0.4 is 16.0 Å². The van der Waals surface area contributed by atoms with E-state index in [1.54, 1.807) is 12.1 Å². The number of hydrogen-bond acceptors (Lipinski definition) is 5. The lowest BCUT2D eigenvalue weighted by Crippen LogP contribution is -2.32. The summed E-state index contributed by atoms with van der Waals surface area (Å²) in [6.45, 7) is 1.43. The van der Waals surface area contributed by atoms with Gasteiger partial charge in [-0.1, -0.05) is 12.1 Å². The Hall–Kier alpha value is -3.82. The van der Waals surface area contributed by atoms with Crippen LogP contribution in [0.4, 0.5) is 13.2 Å². The number of hydrogen-bond donors (Lipinski definition) is 2. The van der Waals surface area contributed by atoms with Gasteiger partial charge < -0.3 is 9.84 Å². The number of nitrogens with zero attached hydrogens (tertiary/aromatic N) is 2. The molecule has 1 heterocycles. The van der Waals surface area contributed by atoms with E-state index in [0.29, 0.717) is 11.3 Å². The molecular weight excluding hydrogens is 415 g/mol. The van der Waals surface area contributed by atoms with E-state index in [4.69, 9.17) is 4.74 Å². The Balaban J connectivity index is 1.96. The van der Waals surface area contributed by atoms with Gasteiger partial charge in [0.15, 0.2) is 0 Å². The van der Waals surface area contributed by atoms with Gasteiger partial charge in [0.2, 0.25) is 5.88 Å². The molecule has 0 spiro atoms. The summed E-state index contributed by atoms with van der Waals surface area (Å²) in [4.78, 5) is 30.9. The number of benzene rings is 2. The first-order valence-corrected chi connectivity index (χ1v) is 9.02. The molecule has 2 N–H and O–H groups in total. The fourth-order valence-corrected chi connectivity index (χ4v) is 2.91. The number of methoxy groups -OCH3 is 1. The smallest absolute Gasteiger partial charge is 0.416 e. The van der Waals surface area contributed by atoms with Crippen LogP contribution in [0.2, 0.25) is 0 Å². The number of alkyl halides is 3. The zero-order valence-corrected chi connectivity index (χ0v) is 16.5. The summed E-state index contributed by atoms with van der Waals surface area (Å²) in [6, 6.07) is 10.6. The minimum Gasteiger partial charge on any atom is -0.497 e. The van der Waals surface area contributed by atoms with Gasteiger partial charge in [-0.2, -0.15) is 13.2 Å². The quantitative estimate of drug-likeness (QED) is 0.604. The van der Waals surface area contributed by atoms with E-state index in [-0.39, 0.29) is 23.5 Å². The lowest BCUT2D eigenvalue weighted by Gasteiger charge is -2.12. The van der Waals surface area contributed by atoms with E-state index >= 15 is 0 Å². The minimum atomic E-state index is -4.44. The Morgan fingerprint density at radius 1 is 1.10 bits per heavy atom. The maximum absolute atomic E-state index is 12.7. The molecule has 0 saturated carbocycles. The second kappa shape index (κ2) is 8.50. The summed E-state index contributed by atoms with van der Waals surface area (Å²) in [6.07, 6.45) is -4.44. The first-order valence-electron chi connectivity index (χ1n) is 9.02. The summed E-state index contributed by atoms with van der Waals surface area (Å²) >= 11 is 0. The lowest BCUT2D eigenvalue weighted by molar-refractivity contribution is -0.137. The Labute approximate surface area is 174 Å². The van der Waals surface area contributed by atoms with Crippen LogP contribution in [-0.2, 0) is 12.7 Å². The molecule has 3 aromatic rings. The summed E-state index contributed by atoms with van der Waals surface area (Å²) in [5.41, 5.74) is -1.79. The first-order chi connectivity index (χ1) is 14.6. The molecule has 0 saturated heterocycles.